The van der Waals surface area contributed by atoms with Gasteiger partial charge in [0.15, 0.2) is 0 Å². The molecule has 1 saturated heterocycles. The lowest BCUT2D eigenvalue weighted by atomic mass is 9.97. The summed E-state index contributed by atoms with van der Waals surface area (Å²) >= 11 is 4.09. The summed E-state index contributed by atoms with van der Waals surface area (Å²) in [4.78, 5) is 135. The first kappa shape index (κ1) is 63.2. The average molecular weight is 1090 g/mol. The van der Waals surface area contributed by atoms with E-state index in [1.54, 1.807) is 13.8 Å². The normalized spacial score (nSPS) is 16.6. The molecule has 420 valence electrons. The number of aliphatic carboxylic acids is 1. The van der Waals surface area contributed by atoms with Gasteiger partial charge in [-0.15, -0.1) is 0 Å². The molecule has 2 aromatic carbocycles. The molecule has 0 spiro atoms. The molecule has 9 amide bonds. The molecule has 0 aromatic heterocycles. The number of aliphatic hydroxyl groups excluding tert-OH is 2. The molecule has 3 rings (SSSR count). The maximum Gasteiger partial charge on any atom is 0.328 e. The van der Waals surface area contributed by atoms with Crippen molar-refractivity contribution in [3.05, 3.63) is 59.7 Å². The summed E-state index contributed by atoms with van der Waals surface area (Å²) in [6.45, 7) is 2.85. The van der Waals surface area contributed by atoms with Crippen LogP contribution in [0.4, 0.5) is 0 Å². The van der Waals surface area contributed by atoms with Crippen molar-refractivity contribution in [1.29, 1.82) is 0 Å². The number of benzene rings is 2. The zero-order chi connectivity index (χ0) is 56.6. The van der Waals surface area contributed by atoms with E-state index in [1.165, 1.54) is 60.4 Å². The lowest BCUT2D eigenvalue weighted by Crippen LogP contribution is -2.62. The molecule has 0 aliphatic carbocycles. The van der Waals surface area contributed by atoms with Gasteiger partial charge in [0.05, 0.1) is 19.8 Å². The maximum atomic E-state index is 14.4. The third kappa shape index (κ3) is 19.6. The van der Waals surface area contributed by atoms with E-state index >= 15 is 0 Å². The molecule has 1 heterocycles. The molecule has 0 radical (unpaired) electrons. The van der Waals surface area contributed by atoms with Gasteiger partial charge in [-0.05, 0) is 86.9 Å². The molecule has 76 heavy (non-hydrogen) atoms. The Labute approximate surface area is 445 Å². The number of carbonyl (C=O) groups excluding carboxylic acids is 9. The number of hydrogen-bond acceptors (Lipinski definition) is 17. The fraction of sp³-hybridized carbons (Fsp3) is 0.551. The van der Waals surface area contributed by atoms with Crippen molar-refractivity contribution in [2.75, 3.05) is 38.6 Å². The molecule has 2 aromatic rings. The number of nitrogens with one attached hydrogen (secondary N) is 8. The van der Waals surface area contributed by atoms with E-state index in [4.69, 9.17) is 11.5 Å². The molecule has 1 fully saturated rings. The van der Waals surface area contributed by atoms with Crippen molar-refractivity contribution < 1.29 is 73.5 Å². The van der Waals surface area contributed by atoms with E-state index in [0.717, 1.165) is 0 Å². The number of unbranched alkanes of at least 4 members (excludes halogenated alkanes) is 1. The van der Waals surface area contributed by atoms with E-state index in [2.05, 4.69) is 55.2 Å². The van der Waals surface area contributed by atoms with Gasteiger partial charge in [0, 0.05) is 25.1 Å². The summed E-state index contributed by atoms with van der Waals surface area (Å²) < 4.78 is 0. The highest BCUT2D eigenvalue weighted by atomic mass is 32.1. The standard InChI is InChI=1S/C49H73N11O15S/c1-4-26(2)40(47(72)53-32(8-5-6-18-50)41(66)58-37(25-76)45(70)57-36(24-62)49(74)75)59-44(69)35(23-61)56-43(68)33(20-28-10-14-30(63)15-11-28)54-42(67)34(21-29-12-16-31(64)17-13-29)55-46(71)38-9-7-19-60(38)48(73)27(3)52-39(65)22-51/h10-17,26-27,32-38,40,61-64,76H,4-9,18-25,50-51H2,1-3H3,(H,52,65)(H,53,72)(H,54,67)(H,55,71)(H,56,68)(H,57,70)(H,58,66)(H,59,69)(H,74,75)/t26-,27-,32-,33-,34-,35-,36-,37-,38-,40-/m0/s1. The van der Waals surface area contributed by atoms with Gasteiger partial charge in [-0.3, -0.25) is 43.2 Å². The van der Waals surface area contributed by atoms with Crippen LogP contribution in [0.5, 0.6) is 11.5 Å². The number of thiol groups is 1. The molecule has 1 aliphatic rings. The van der Waals surface area contributed by atoms with E-state index in [0.29, 0.717) is 36.8 Å². The monoisotopic (exact) mass is 1090 g/mol. The fourth-order valence-corrected chi connectivity index (χ4v) is 8.23. The molecule has 26 nitrogen and oxygen atoms in total. The number of aromatic hydroxyl groups is 2. The van der Waals surface area contributed by atoms with Crippen LogP contribution in [0, 0.1) is 5.92 Å². The first-order chi connectivity index (χ1) is 36.1. The topological polar surface area (TPSA) is 423 Å². The smallest absolute Gasteiger partial charge is 0.328 e. The predicted molar refractivity (Wildman–Crippen MR) is 277 cm³/mol. The summed E-state index contributed by atoms with van der Waals surface area (Å²) in [7, 11) is 0. The highest BCUT2D eigenvalue weighted by Gasteiger charge is 2.39. The quantitative estimate of drug-likeness (QED) is 0.0252. The highest BCUT2D eigenvalue weighted by Crippen LogP contribution is 2.20. The zero-order valence-corrected chi connectivity index (χ0v) is 43.6. The van der Waals surface area contributed by atoms with E-state index in [1.807, 2.05) is 0 Å². The van der Waals surface area contributed by atoms with Gasteiger partial charge in [0.2, 0.25) is 53.2 Å². The van der Waals surface area contributed by atoms with Crippen molar-refractivity contribution in [2.45, 2.75) is 127 Å². The van der Waals surface area contributed by atoms with Crippen LogP contribution >= 0.6 is 12.6 Å². The summed E-state index contributed by atoms with van der Waals surface area (Å²) in [5.74, 6) is -10.2. The largest absolute Gasteiger partial charge is 0.508 e. The molecule has 1 aliphatic heterocycles. The second-order valence-corrected chi connectivity index (χ2v) is 18.7. The van der Waals surface area contributed by atoms with Crippen LogP contribution in [0.2, 0.25) is 0 Å². The Morgan fingerprint density at radius 3 is 1.61 bits per heavy atom. The number of carboxylic acid groups (broad SMARTS) is 1. The number of phenolic OH excluding ortho intramolecular Hbond substituents is 2. The molecule has 0 saturated carbocycles. The zero-order valence-electron chi connectivity index (χ0n) is 42.7. The number of nitrogens with zero attached hydrogens (tertiary/aromatic N) is 1. The Morgan fingerprint density at radius 2 is 1.11 bits per heavy atom. The second kappa shape index (κ2) is 31.7. The average Bonchev–Trinajstić information content (AvgIpc) is 3.90. The third-order valence-corrected chi connectivity index (χ3v) is 13.0. The minimum Gasteiger partial charge on any atom is -0.508 e. The van der Waals surface area contributed by atoms with E-state index in [-0.39, 0.29) is 62.6 Å². The Kier molecular flexibility index (Phi) is 26.4. The third-order valence-electron chi connectivity index (χ3n) is 12.6. The molecule has 27 heteroatoms. The Morgan fingerprint density at radius 1 is 0.632 bits per heavy atom. The van der Waals surface area contributed by atoms with Gasteiger partial charge >= 0.3 is 5.97 Å². The van der Waals surface area contributed by atoms with Gasteiger partial charge < -0.3 is 84.4 Å². The number of carboxylic acids is 1. The minimum atomic E-state index is -1.76. The van der Waals surface area contributed by atoms with Gasteiger partial charge in [0.1, 0.15) is 65.9 Å². The number of amides is 9. The van der Waals surface area contributed by atoms with Crippen LogP contribution < -0.4 is 54.0 Å². The molecule has 0 bridgehead atoms. The highest BCUT2D eigenvalue weighted by molar-refractivity contribution is 7.80. The number of nitrogens with two attached hydrogens (primary N) is 2. The van der Waals surface area contributed by atoms with Crippen LogP contribution in [0.3, 0.4) is 0 Å². The Hall–Kier alpha value is -7.07. The summed E-state index contributed by atoms with van der Waals surface area (Å²) in [5, 5.41) is 69.0. The van der Waals surface area contributed by atoms with Gasteiger partial charge in [-0.1, -0.05) is 44.5 Å². The second-order valence-electron chi connectivity index (χ2n) is 18.3. The van der Waals surface area contributed by atoms with Crippen LogP contribution in [0.15, 0.2) is 48.5 Å². The van der Waals surface area contributed by atoms with Crippen molar-refractivity contribution in [3.8, 4) is 11.5 Å². The molecule has 10 atom stereocenters. The number of rotatable bonds is 31. The Balaban J connectivity index is 1.90. The van der Waals surface area contributed by atoms with Gasteiger partial charge in [-0.25, -0.2) is 4.79 Å². The van der Waals surface area contributed by atoms with Crippen molar-refractivity contribution in [2.24, 2.45) is 17.4 Å². The van der Waals surface area contributed by atoms with Crippen LogP contribution in [-0.2, 0) is 60.8 Å². The number of hydrogen-bond donors (Lipinski definition) is 16. The van der Waals surface area contributed by atoms with Crippen molar-refractivity contribution >= 4 is 71.8 Å². The van der Waals surface area contributed by atoms with E-state index in [9.17, 15) is 73.5 Å². The first-order valence-electron chi connectivity index (χ1n) is 24.8. The lowest BCUT2D eigenvalue weighted by Gasteiger charge is -2.30. The number of likely N-dealkylation sites (tertiary alicyclic amines) is 1. The minimum absolute atomic E-state index is 0.00265. The molecular weight excluding hydrogens is 1010 g/mol. The molecule has 17 N–H and O–H groups in total. The lowest BCUT2D eigenvalue weighted by molar-refractivity contribution is -0.143. The van der Waals surface area contributed by atoms with Crippen LogP contribution in [-0.4, -0.2) is 183 Å². The van der Waals surface area contributed by atoms with Gasteiger partial charge in [-0.2, -0.15) is 12.6 Å². The summed E-state index contributed by atoms with van der Waals surface area (Å²) in [5.41, 5.74) is 11.9. The molecule has 0 unspecified atom stereocenters. The van der Waals surface area contributed by atoms with Gasteiger partial charge in [0.25, 0.3) is 0 Å². The fourth-order valence-electron chi connectivity index (χ4n) is 7.98. The van der Waals surface area contributed by atoms with Crippen LogP contribution in [0.25, 0.3) is 0 Å². The maximum absolute atomic E-state index is 14.4. The number of carbonyl (C=O) groups is 10. The number of phenols is 2. The SMILES string of the molecule is CC[C@H](C)[C@H](NC(=O)[C@H](CO)NC(=O)[C@H](Cc1ccc(O)cc1)NC(=O)[C@H](Cc1ccc(O)cc1)NC(=O)[C@@H]1CCCN1C(=O)[C@H](C)NC(=O)CN)C(=O)N[C@@H](CCCCN)C(=O)N[C@@H](CS)C(=O)N[C@@H](CO)C(=O)O. The van der Waals surface area contributed by atoms with Crippen molar-refractivity contribution in [1.82, 2.24) is 47.4 Å². The van der Waals surface area contributed by atoms with Crippen molar-refractivity contribution in [3.63, 3.8) is 0 Å². The summed E-state index contributed by atoms with van der Waals surface area (Å²) in [6, 6.07) is -1.29. The predicted octanol–water partition coefficient (Wildman–Crippen LogP) is -4.09. The Bertz CT molecular complexity index is 2310. The first-order valence-corrected chi connectivity index (χ1v) is 25.5. The van der Waals surface area contributed by atoms with Crippen LogP contribution in [0.1, 0.15) is 70.4 Å². The van der Waals surface area contributed by atoms with E-state index < -0.39 is 133 Å². The summed E-state index contributed by atoms with van der Waals surface area (Å²) in [6.07, 6.45) is 1.23. The number of aliphatic hydroxyl groups is 2. The molecular formula is C49H73N11O15S.